The van der Waals surface area contributed by atoms with Crippen molar-refractivity contribution in [1.82, 2.24) is 4.98 Å². The molecule has 0 aliphatic carbocycles. The number of carbonyl (C=O) groups excluding carboxylic acids is 1. The van der Waals surface area contributed by atoms with Crippen LogP contribution in [0.25, 0.3) is 10.8 Å². The number of fused-ring (bicyclic) bond motifs is 1. The average Bonchev–Trinajstić information content (AvgIpc) is 2.99. The molecule has 0 saturated heterocycles. The van der Waals surface area contributed by atoms with Crippen molar-refractivity contribution in [3.63, 3.8) is 0 Å². The van der Waals surface area contributed by atoms with Gasteiger partial charge in [0.1, 0.15) is 11.4 Å². The van der Waals surface area contributed by atoms with E-state index in [0.717, 1.165) is 18.2 Å². The number of ether oxygens (including phenoxy) is 4. The van der Waals surface area contributed by atoms with Crippen molar-refractivity contribution in [1.29, 1.82) is 0 Å². The van der Waals surface area contributed by atoms with Crippen LogP contribution in [0, 0.1) is 20.2 Å². The molecule has 0 unspecified atom stereocenters. The number of hydrogen-bond donors (Lipinski definition) is 0. The number of benzene rings is 3. The third-order valence-corrected chi connectivity index (χ3v) is 5.93. The molecule has 4 aromatic rings. The monoisotopic (exact) mass is 562 g/mol. The van der Waals surface area contributed by atoms with Gasteiger partial charge in [-0.1, -0.05) is 5.16 Å². The number of aromatic nitrogens is 1. The summed E-state index contributed by atoms with van der Waals surface area (Å²) in [5.74, 6) is 0.475. The van der Waals surface area contributed by atoms with Gasteiger partial charge in [-0.3, -0.25) is 25.2 Å². The lowest BCUT2D eigenvalue weighted by Gasteiger charge is -2.14. The molecule has 0 radical (unpaired) electrons. The average molecular weight is 562 g/mol. The van der Waals surface area contributed by atoms with Gasteiger partial charge in [-0.05, 0) is 41.8 Å². The molecule has 0 N–H and O–H groups in total. The van der Waals surface area contributed by atoms with Crippen molar-refractivity contribution in [3.8, 4) is 23.0 Å². The zero-order valence-corrected chi connectivity index (χ0v) is 22.1. The largest absolute Gasteiger partial charge is 0.493 e. The van der Waals surface area contributed by atoms with Crippen LogP contribution >= 0.6 is 0 Å². The van der Waals surface area contributed by atoms with Crippen LogP contribution in [0.2, 0.25) is 0 Å². The highest BCUT2D eigenvalue weighted by Gasteiger charge is 2.23. The minimum absolute atomic E-state index is 0.0667. The van der Waals surface area contributed by atoms with Gasteiger partial charge in [0.2, 0.25) is 0 Å². The van der Waals surface area contributed by atoms with Crippen LogP contribution in [-0.2, 0) is 4.84 Å². The van der Waals surface area contributed by atoms with E-state index >= 15 is 0 Å². The van der Waals surface area contributed by atoms with Crippen molar-refractivity contribution >= 4 is 33.8 Å². The van der Waals surface area contributed by atoms with Gasteiger partial charge in [-0.15, -0.1) is 0 Å². The zero-order valence-electron chi connectivity index (χ0n) is 22.1. The highest BCUT2D eigenvalue weighted by Crippen LogP contribution is 2.35. The summed E-state index contributed by atoms with van der Waals surface area (Å²) in [6.07, 6.45) is 1.52. The Morgan fingerprint density at radius 3 is 1.90 bits per heavy atom. The van der Waals surface area contributed by atoms with Gasteiger partial charge in [0.25, 0.3) is 11.4 Å². The maximum absolute atomic E-state index is 13.0. The molecule has 0 aliphatic rings. The van der Waals surface area contributed by atoms with Crippen LogP contribution in [0.3, 0.4) is 0 Å². The highest BCUT2D eigenvalue weighted by atomic mass is 16.7. The molecule has 0 amide bonds. The lowest BCUT2D eigenvalue weighted by molar-refractivity contribution is -0.394. The molecule has 0 fully saturated rings. The normalized spacial score (nSPS) is 11.1. The molecule has 0 bridgehead atoms. The fraction of sp³-hybridized carbons (Fsp3) is 0.148. The summed E-state index contributed by atoms with van der Waals surface area (Å²) < 4.78 is 21.6. The number of rotatable bonds is 10. The first kappa shape index (κ1) is 28.2. The molecule has 14 heteroatoms. The summed E-state index contributed by atoms with van der Waals surface area (Å²) in [5.41, 5.74) is -1.03. The Morgan fingerprint density at radius 1 is 0.732 bits per heavy atom. The number of hydrogen-bond acceptors (Lipinski definition) is 12. The fourth-order valence-electron chi connectivity index (χ4n) is 3.97. The molecule has 1 aromatic heterocycles. The molecule has 0 aliphatic heterocycles. The molecule has 14 nitrogen and oxygen atoms in total. The third kappa shape index (κ3) is 5.80. The fourth-order valence-corrected chi connectivity index (χ4v) is 3.97. The minimum atomic E-state index is -1.17. The molecule has 4 rings (SSSR count). The molecule has 3 aromatic carbocycles. The van der Waals surface area contributed by atoms with E-state index in [1.165, 1.54) is 34.6 Å². The third-order valence-electron chi connectivity index (χ3n) is 5.93. The quantitative estimate of drug-likeness (QED) is 0.113. The summed E-state index contributed by atoms with van der Waals surface area (Å²) in [6.45, 7) is 0. The summed E-state index contributed by atoms with van der Waals surface area (Å²) >= 11 is 0. The van der Waals surface area contributed by atoms with E-state index in [0.29, 0.717) is 39.3 Å². The van der Waals surface area contributed by atoms with Gasteiger partial charge in [-0.25, -0.2) is 4.79 Å². The predicted octanol–water partition coefficient (Wildman–Crippen LogP) is 4.70. The number of nitro groups is 2. The van der Waals surface area contributed by atoms with Gasteiger partial charge in [0, 0.05) is 29.3 Å². The van der Waals surface area contributed by atoms with Crippen LogP contribution in [0.5, 0.6) is 23.0 Å². The highest BCUT2D eigenvalue weighted by molar-refractivity contribution is 6.18. The topological polar surface area (TPSA) is 175 Å². The second kappa shape index (κ2) is 11.9. The van der Waals surface area contributed by atoms with Crippen LogP contribution in [0.4, 0.5) is 11.4 Å². The van der Waals surface area contributed by atoms with Crippen molar-refractivity contribution < 1.29 is 38.4 Å². The van der Waals surface area contributed by atoms with Gasteiger partial charge in [-0.2, -0.15) is 0 Å². The standard InChI is InChI=1S/C27H22N4O10/c1-37-21-6-5-16(12-22(21)38-2)25(26-20-14-24(40-4)23(39-3)11-15(20)7-8-28-26)29-41-27(32)17-9-18(30(33)34)13-19(10-17)31(35)36/h5-14H,1-4H3/b29-25-. The van der Waals surface area contributed by atoms with Crippen LogP contribution < -0.4 is 18.9 Å². The number of oxime groups is 1. The molecular formula is C27H22N4O10. The molecule has 41 heavy (non-hydrogen) atoms. The van der Waals surface area contributed by atoms with E-state index in [1.807, 2.05) is 0 Å². The second-order valence-electron chi connectivity index (χ2n) is 8.23. The van der Waals surface area contributed by atoms with Crippen molar-refractivity contribution in [2.24, 2.45) is 5.16 Å². The van der Waals surface area contributed by atoms with Crippen molar-refractivity contribution in [2.75, 3.05) is 28.4 Å². The van der Waals surface area contributed by atoms with Gasteiger partial charge >= 0.3 is 5.97 Å². The predicted molar refractivity (Wildman–Crippen MR) is 145 cm³/mol. The molecule has 0 saturated carbocycles. The van der Waals surface area contributed by atoms with Gasteiger partial charge < -0.3 is 23.8 Å². The summed E-state index contributed by atoms with van der Waals surface area (Å²) in [4.78, 5) is 43.4. The Hall–Kier alpha value is -5.79. The number of nitro benzene ring substituents is 2. The first-order valence-corrected chi connectivity index (χ1v) is 11.7. The van der Waals surface area contributed by atoms with Crippen LogP contribution in [0.15, 0.2) is 65.9 Å². The van der Waals surface area contributed by atoms with E-state index in [9.17, 15) is 25.0 Å². The first-order valence-electron chi connectivity index (χ1n) is 11.7. The molecular weight excluding hydrogens is 540 g/mol. The van der Waals surface area contributed by atoms with Crippen molar-refractivity contribution in [3.05, 3.63) is 97.8 Å². The second-order valence-corrected chi connectivity index (χ2v) is 8.23. The Bertz CT molecular complexity index is 1670. The molecule has 210 valence electrons. The number of non-ortho nitro benzene ring substituents is 2. The Morgan fingerprint density at radius 2 is 1.32 bits per heavy atom. The Balaban J connectivity index is 1.89. The Labute approximate surface area is 232 Å². The van der Waals surface area contributed by atoms with E-state index in [1.54, 1.807) is 36.4 Å². The summed E-state index contributed by atoms with van der Waals surface area (Å²) in [7, 11) is 5.89. The number of methoxy groups -OCH3 is 4. The Kier molecular flexibility index (Phi) is 8.22. The number of pyridine rings is 1. The first-order chi connectivity index (χ1) is 19.7. The molecule has 1 heterocycles. The maximum Gasteiger partial charge on any atom is 0.366 e. The summed E-state index contributed by atoms with van der Waals surface area (Å²) in [6, 6.07) is 12.4. The number of nitrogens with zero attached hydrogens (tertiary/aromatic N) is 4. The van der Waals surface area contributed by atoms with Gasteiger partial charge in [0.05, 0.1) is 49.9 Å². The SMILES string of the molecule is COc1ccc(/C(=N/OC(=O)c2cc([N+](=O)[O-])cc([N+](=O)[O-])c2)c2nccc3cc(OC)c(OC)cc23)cc1OC. The van der Waals surface area contributed by atoms with E-state index in [2.05, 4.69) is 10.1 Å². The van der Waals surface area contributed by atoms with Crippen molar-refractivity contribution in [2.45, 2.75) is 0 Å². The van der Waals surface area contributed by atoms with E-state index < -0.39 is 32.8 Å². The lowest BCUT2D eigenvalue weighted by atomic mass is 10.0. The smallest absolute Gasteiger partial charge is 0.366 e. The zero-order chi connectivity index (χ0) is 29.7. The molecule has 0 atom stereocenters. The molecule has 0 spiro atoms. The minimum Gasteiger partial charge on any atom is -0.493 e. The maximum atomic E-state index is 13.0. The van der Waals surface area contributed by atoms with Crippen LogP contribution in [-0.4, -0.2) is 55.0 Å². The lowest BCUT2D eigenvalue weighted by Crippen LogP contribution is -2.11. The number of carbonyl (C=O) groups is 1. The van der Waals surface area contributed by atoms with Gasteiger partial charge in [0.15, 0.2) is 23.0 Å². The van der Waals surface area contributed by atoms with Crippen LogP contribution in [0.1, 0.15) is 21.6 Å². The summed E-state index contributed by atoms with van der Waals surface area (Å²) in [5, 5.41) is 27.9. The van der Waals surface area contributed by atoms with E-state index in [-0.39, 0.29) is 11.4 Å². The van der Waals surface area contributed by atoms with E-state index in [4.69, 9.17) is 23.8 Å².